The summed E-state index contributed by atoms with van der Waals surface area (Å²) in [5, 5.41) is 55.9. The number of rotatable bonds is 8. The van der Waals surface area contributed by atoms with Crippen molar-refractivity contribution in [2.75, 3.05) is 6.61 Å². The summed E-state index contributed by atoms with van der Waals surface area (Å²) < 4.78 is 5.35. The Morgan fingerprint density at radius 1 is 1.16 bits per heavy atom. The Morgan fingerprint density at radius 3 is 2.37 bits per heavy atom. The van der Waals surface area contributed by atoms with Crippen molar-refractivity contribution in [2.24, 2.45) is 10.8 Å². The van der Waals surface area contributed by atoms with Crippen molar-refractivity contribution in [2.45, 2.75) is 102 Å². The third-order valence-electron chi connectivity index (χ3n) is 9.20. The standard InChI is InChI=1S/C28H40O9.Ac/c1-16-19(29)12-28(34,17(2)37-36-13-18-9-7-6-8-10-18)25(3,4)22(16)23(31)24(32)26(5)14-27(33)15-35-21(27)11-20(26)30;/h6-10,17,19-21,23,29-31,33-34H,11-15H2,1-5H3;. The summed E-state index contributed by atoms with van der Waals surface area (Å²) >= 11 is 0. The fraction of sp³-hybridized carbons (Fsp3) is 0.679. The van der Waals surface area contributed by atoms with Crippen molar-refractivity contribution in [1.29, 1.82) is 0 Å². The molecule has 0 bridgehead atoms. The van der Waals surface area contributed by atoms with Crippen LogP contribution in [0.5, 0.6) is 0 Å². The largest absolute Gasteiger partial charge is 0.392 e. The van der Waals surface area contributed by atoms with Gasteiger partial charge in [-0.2, -0.15) is 0 Å². The Morgan fingerprint density at radius 2 is 1.79 bits per heavy atom. The molecule has 8 atom stereocenters. The van der Waals surface area contributed by atoms with Gasteiger partial charge in [0, 0.05) is 62.3 Å². The zero-order valence-corrected chi connectivity index (χ0v) is 27.5. The van der Waals surface area contributed by atoms with Crippen LogP contribution in [-0.4, -0.2) is 79.6 Å². The van der Waals surface area contributed by atoms with Crippen LogP contribution >= 0.6 is 0 Å². The summed E-state index contributed by atoms with van der Waals surface area (Å²) in [7, 11) is 0. The SMILES string of the molecule is CC1=C(C(O)C(=O)C2(C)CC3(O)COC3CC2O)C(C)(C)C(O)(C(C)OOCc2ccccc2)CC1O.[Ac]. The van der Waals surface area contributed by atoms with Gasteiger partial charge in [0.1, 0.15) is 30.0 Å². The summed E-state index contributed by atoms with van der Waals surface area (Å²) in [4.78, 5) is 24.7. The van der Waals surface area contributed by atoms with Gasteiger partial charge in [0.2, 0.25) is 0 Å². The van der Waals surface area contributed by atoms with Crippen LogP contribution in [0.1, 0.15) is 59.4 Å². The van der Waals surface area contributed by atoms with Crippen LogP contribution in [0, 0.1) is 54.9 Å². The van der Waals surface area contributed by atoms with Crippen LogP contribution in [-0.2, 0) is 25.9 Å². The molecular formula is C28H40AcO9. The van der Waals surface area contributed by atoms with Crippen molar-refractivity contribution >= 4 is 5.78 Å². The molecule has 1 saturated heterocycles. The zero-order chi connectivity index (χ0) is 27.4. The Bertz CT molecular complexity index is 1050. The molecule has 3 aliphatic rings. The molecule has 1 aromatic rings. The van der Waals surface area contributed by atoms with Crippen LogP contribution in [0.25, 0.3) is 0 Å². The number of aliphatic hydroxyl groups is 5. The number of ketones is 1. The molecule has 1 heterocycles. The molecule has 9 nitrogen and oxygen atoms in total. The van der Waals surface area contributed by atoms with Gasteiger partial charge in [-0.3, -0.25) is 4.79 Å². The number of benzene rings is 1. The maximum Gasteiger partial charge on any atom is 0.174 e. The first-order chi connectivity index (χ1) is 17.2. The smallest absolute Gasteiger partial charge is 0.174 e. The number of carbonyl (C=O) groups is 1. The Kier molecular flexibility index (Phi) is 9.81. The van der Waals surface area contributed by atoms with Gasteiger partial charge < -0.3 is 30.3 Å². The number of hydrogen-bond acceptors (Lipinski definition) is 9. The Balaban J connectivity index is 0.00000400. The van der Waals surface area contributed by atoms with Gasteiger partial charge in [-0.1, -0.05) is 44.2 Å². The van der Waals surface area contributed by atoms with Gasteiger partial charge in [-0.15, -0.1) is 0 Å². The van der Waals surface area contributed by atoms with Gasteiger partial charge in [0.25, 0.3) is 0 Å². The normalized spacial score (nSPS) is 37.9. The molecule has 8 unspecified atom stereocenters. The second kappa shape index (κ2) is 11.6. The average Bonchev–Trinajstić information content (AvgIpc) is 2.84. The summed E-state index contributed by atoms with van der Waals surface area (Å²) in [6, 6.07) is 9.37. The van der Waals surface area contributed by atoms with Crippen LogP contribution in [0.15, 0.2) is 41.5 Å². The second-order valence-electron chi connectivity index (χ2n) is 11.9. The molecule has 10 heteroatoms. The number of Topliss-reactive ketones (excluding diaryl/α,β-unsaturated/α-hetero) is 1. The van der Waals surface area contributed by atoms with E-state index >= 15 is 0 Å². The van der Waals surface area contributed by atoms with Gasteiger partial charge in [-0.25, -0.2) is 9.78 Å². The third-order valence-corrected chi connectivity index (χ3v) is 9.20. The molecule has 5 N–H and O–H groups in total. The van der Waals surface area contributed by atoms with E-state index in [1.807, 2.05) is 30.3 Å². The van der Waals surface area contributed by atoms with Gasteiger partial charge in [0.15, 0.2) is 5.78 Å². The molecule has 1 saturated carbocycles. The molecule has 2 fully saturated rings. The molecular weight excluding hydrogens is 707 g/mol. The molecule has 0 amide bonds. The maximum atomic E-state index is 13.8. The van der Waals surface area contributed by atoms with Crippen LogP contribution in [0.2, 0.25) is 0 Å². The quantitative estimate of drug-likeness (QED) is 0.152. The fourth-order valence-electron chi connectivity index (χ4n) is 6.46. The van der Waals surface area contributed by atoms with E-state index in [1.165, 1.54) is 6.92 Å². The number of aliphatic hydroxyl groups excluding tert-OH is 3. The van der Waals surface area contributed by atoms with E-state index in [2.05, 4.69) is 0 Å². The molecule has 1 aromatic carbocycles. The average molecular weight is 748 g/mol. The van der Waals surface area contributed by atoms with Gasteiger partial charge in [-0.05, 0) is 43.9 Å². The predicted molar refractivity (Wildman–Crippen MR) is 133 cm³/mol. The summed E-state index contributed by atoms with van der Waals surface area (Å²) in [5.74, 6) is -0.674. The van der Waals surface area contributed by atoms with Gasteiger partial charge >= 0.3 is 0 Å². The van der Waals surface area contributed by atoms with E-state index < -0.39 is 58.3 Å². The molecule has 209 valence electrons. The number of hydrogen-bond donors (Lipinski definition) is 5. The monoisotopic (exact) mass is 747 g/mol. The van der Waals surface area contributed by atoms with Crippen molar-refractivity contribution in [3.8, 4) is 0 Å². The molecule has 38 heavy (non-hydrogen) atoms. The molecule has 0 spiro atoms. The number of ether oxygens (including phenoxy) is 1. The first-order valence-corrected chi connectivity index (χ1v) is 12.9. The Labute approximate surface area is 259 Å². The molecule has 2 aliphatic carbocycles. The molecule has 1 aliphatic heterocycles. The van der Waals surface area contributed by atoms with Crippen LogP contribution < -0.4 is 0 Å². The molecule has 4 rings (SSSR count). The fourth-order valence-corrected chi connectivity index (χ4v) is 6.46. The van der Waals surface area contributed by atoms with Crippen molar-refractivity contribution < 1.29 is 88.9 Å². The maximum absolute atomic E-state index is 13.8. The van der Waals surface area contributed by atoms with Crippen molar-refractivity contribution in [3.05, 3.63) is 47.0 Å². The van der Waals surface area contributed by atoms with E-state index in [1.54, 1.807) is 27.7 Å². The molecule has 1 radical (unpaired) electrons. The minimum atomic E-state index is -1.73. The molecule has 0 aromatic heterocycles. The van der Waals surface area contributed by atoms with E-state index in [9.17, 15) is 30.3 Å². The predicted octanol–water partition coefficient (Wildman–Crippen LogP) is 1.58. The minimum absolute atomic E-state index is 0. The van der Waals surface area contributed by atoms with Crippen LogP contribution in [0.3, 0.4) is 0 Å². The summed E-state index contributed by atoms with van der Waals surface area (Å²) in [6.07, 6.45) is -5.57. The van der Waals surface area contributed by atoms with Gasteiger partial charge in [0.05, 0.1) is 30.3 Å². The summed E-state index contributed by atoms with van der Waals surface area (Å²) in [6.45, 7) is 8.36. The first kappa shape index (κ1) is 32.3. The van der Waals surface area contributed by atoms with E-state index in [0.717, 1.165) is 5.56 Å². The minimum Gasteiger partial charge on any atom is -0.392 e. The third kappa shape index (κ3) is 5.36. The Hall–Kier alpha value is -0.248. The van der Waals surface area contributed by atoms with E-state index in [4.69, 9.17) is 14.5 Å². The van der Waals surface area contributed by atoms with E-state index in [0.29, 0.717) is 5.57 Å². The summed E-state index contributed by atoms with van der Waals surface area (Å²) in [5.41, 5.74) is -4.20. The van der Waals surface area contributed by atoms with E-state index in [-0.39, 0.29) is 82.1 Å². The zero-order valence-electron chi connectivity index (χ0n) is 22.8. The number of fused-ring (bicyclic) bond motifs is 1. The second-order valence-corrected chi connectivity index (χ2v) is 11.9. The number of carbonyl (C=O) groups excluding carboxylic acids is 1. The van der Waals surface area contributed by atoms with Crippen molar-refractivity contribution in [3.63, 3.8) is 0 Å². The topological polar surface area (TPSA) is 146 Å². The van der Waals surface area contributed by atoms with Crippen molar-refractivity contribution in [1.82, 2.24) is 0 Å². The first-order valence-electron chi connectivity index (χ1n) is 12.9. The van der Waals surface area contributed by atoms with Crippen LogP contribution in [0.4, 0.5) is 0 Å².